The lowest BCUT2D eigenvalue weighted by atomic mass is 9.70. The Morgan fingerprint density at radius 3 is 2.74 bits per heavy atom. The van der Waals surface area contributed by atoms with Gasteiger partial charge in [0.15, 0.2) is 0 Å². The van der Waals surface area contributed by atoms with E-state index >= 15 is 0 Å². The van der Waals surface area contributed by atoms with Gasteiger partial charge in [-0.1, -0.05) is 18.2 Å². The highest BCUT2D eigenvalue weighted by molar-refractivity contribution is 6.05. The van der Waals surface area contributed by atoms with E-state index in [0.717, 1.165) is 16.8 Å². The number of carboxylic acid groups (broad SMARTS) is 1. The molecule has 2 N–H and O–H groups in total. The number of carbonyl (C=O) groups excluding carboxylic acids is 2. The molecule has 8 nitrogen and oxygen atoms in total. The normalized spacial score (nSPS) is 29.4. The van der Waals surface area contributed by atoms with Gasteiger partial charge in [0.2, 0.25) is 5.91 Å². The van der Waals surface area contributed by atoms with Crippen LogP contribution in [-0.4, -0.2) is 70.3 Å². The Morgan fingerprint density at radius 2 is 2.06 bits per heavy atom. The summed E-state index contributed by atoms with van der Waals surface area (Å²) in [5, 5.41) is 19.0. The van der Waals surface area contributed by atoms with Crippen molar-refractivity contribution in [2.45, 2.75) is 63.7 Å². The van der Waals surface area contributed by atoms with Crippen molar-refractivity contribution < 1.29 is 29.3 Å². The molecule has 0 radical (unpaired) electrons. The van der Waals surface area contributed by atoms with Gasteiger partial charge < -0.3 is 24.7 Å². The molecule has 3 saturated heterocycles. The number of amides is 2. The minimum atomic E-state index is -1.13. The summed E-state index contributed by atoms with van der Waals surface area (Å²) in [6.07, 6.45) is 4.04. The number of unbranched alkanes of at least 4 members (excludes halogenated alkanes) is 2. The van der Waals surface area contributed by atoms with Gasteiger partial charge in [0.05, 0.1) is 17.9 Å². The van der Waals surface area contributed by atoms with E-state index in [2.05, 4.69) is 6.58 Å². The van der Waals surface area contributed by atoms with Crippen LogP contribution in [0, 0.1) is 25.7 Å². The molecule has 0 aromatic heterocycles. The van der Waals surface area contributed by atoms with E-state index in [1.807, 2.05) is 32.0 Å². The summed E-state index contributed by atoms with van der Waals surface area (Å²) in [4.78, 5) is 43.2. The number of aliphatic carboxylic acids is 1. The Kier molecular flexibility index (Phi) is 6.82. The minimum absolute atomic E-state index is 0.0640. The number of likely N-dealkylation sites (tertiary alicyclic amines) is 1. The zero-order chi connectivity index (χ0) is 24.6. The Morgan fingerprint density at radius 1 is 1.29 bits per heavy atom. The van der Waals surface area contributed by atoms with E-state index in [1.165, 1.54) is 0 Å². The molecule has 2 amide bonds. The zero-order valence-electron chi connectivity index (χ0n) is 19.9. The number of aryl methyl sites for hydroxylation is 2. The fourth-order valence-electron chi connectivity index (χ4n) is 6.12. The van der Waals surface area contributed by atoms with Gasteiger partial charge in [-0.15, -0.1) is 6.58 Å². The topological polar surface area (TPSA) is 107 Å². The number of aliphatic hydroxyl groups excluding tert-OH is 1. The van der Waals surface area contributed by atoms with E-state index < -0.39 is 35.6 Å². The van der Waals surface area contributed by atoms with Gasteiger partial charge in [0.1, 0.15) is 11.6 Å². The predicted octanol–water partition coefficient (Wildman–Crippen LogP) is 2.44. The van der Waals surface area contributed by atoms with Crippen molar-refractivity contribution in [1.82, 2.24) is 4.90 Å². The number of hydrogen-bond donors (Lipinski definition) is 2. The molecule has 0 aliphatic carbocycles. The summed E-state index contributed by atoms with van der Waals surface area (Å²) in [7, 11) is 0. The molecule has 1 spiro atoms. The summed E-state index contributed by atoms with van der Waals surface area (Å²) >= 11 is 0. The first-order valence-corrected chi connectivity index (χ1v) is 12.1. The molecule has 3 heterocycles. The summed E-state index contributed by atoms with van der Waals surface area (Å²) in [6, 6.07) is 4.99. The van der Waals surface area contributed by atoms with Crippen molar-refractivity contribution in [3.05, 3.63) is 42.0 Å². The van der Waals surface area contributed by atoms with Crippen molar-refractivity contribution in [3.63, 3.8) is 0 Å². The van der Waals surface area contributed by atoms with Crippen molar-refractivity contribution in [1.29, 1.82) is 0 Å². The number of nitrogens with zero attached hydrogens (tertiary/aromatic N) is 2. The molecule has 184 valence electrons. The maximum atomic E-state index is 14.3. The molecule has 1 aromatic rings. The SMILES string of the molecule is C=CCN(C(=O)[C@@H]1N(CCCCCO)C(=O)[C@H]2[C@H](C(=O)O)[C@@H]3CC[C@]12O3)c1cc(C)ccc1C. The van der Waals surface area contributed by atoms with E-state index in [-0.39, 0.29) is 25.0 Å². The molecule has 0 saturated carbocycles. The molecule has 2 bridgehead atoms. The van der Waals surface area contributed by atoms with Gasteiger partial charge in [0, 0.05) is 25.4 Å². The zero-order valence-corrected chi connectivity index (χ0v) is 19.9. The van der Waals surface area contributed by atoms with E-state index in [1.54, 1.807) is 15.9 Å². The molecule has 4 rings (SSSR count). The van der Waals surface area contributed by atoms with Crippen LogP contribution in [0.4, 0.5) is 5.69 Å². The first kappa shape index (κ1) is 24.4. The molecule has 3 fully saturated rings. The van der Waals surface area contributed by atoms with Crippen molar-refractivity contribution in [2.75, 3.05) is 24.6 Å². The molecule has 3 aliphatic heterocycles. The second-order valence-electron chi connectivity index (χ2n) is 9.74. The molecule has 8 heteroatoms. The number of carboxylic acids is 1. The lowest BCUT2D eigenvalue weighted by Gasteiger charge is -2.37. The fraction of sp³-hybridized carbons (Fsp3) is 0.577. The second-order valence-corrected chi connectivity index (χ2v) is 9.74. The summed E-state index contributed by atoms with van der Waals surface area (Å²) in [6.45, 7) is 8.37. The number of rotatable bonds is 10. The summed E-state index contributed by atoms with van der Waals surface area (Å²) < 4.78 is 6.28. The van der Waals surface area contributed by atoms with Crippen LogP contribution in [0.2, 0.25) is 0 Å². The standard InChI is InChI=1S/C26H34N2O6/c1-4-12-27(18-15-16(2)8-9-17(18)3)24(31)22-26-11-10-19(34-26)20(25(32)33)21(26)23(30)28(22)13-6-5-7-14-29/h4,8-9,15,19-22,29H,1,5-7,10-14H2,2-3H3,(H,32,33)/t19-,20+,21+,22-,26+/m0/s1. The third-order valence-corrected chi connectivity index (χ3v) is 7.61. The number of anilines is 1. The van der Waals surface area contributed by atoms with Gasteiger partial charge >= 0.3 is 5.97 Å². The molecule has 3 aliphatic rings. The highest BCUT2D eigenvalue weighted by atomic mass is 16.5. The third-order valence-electron chi connectivity index (χ3n) is 7.61. The van der Waals surface area contributed by atoms with Crippen molar-refractivity contribution in [2.24, 2.45) is 11.8 Å². The van der Waals surface area contributed by atoms with E-state index in [0.29, 0.717) is 38.6 Å². The average molecular weight is 471 g/mol. The molecular weight excluding hydrogens is 436 g/mol. The van der Waals surface area contributed by atoms with Crippen molar-refractivity contribution in [3.8, 4) is 0 Å². The van der Waals surface area contributed by atoms with Crippen LogP contribution in [-0.2, 0) is 19.1 Å². The smallest absolute Gasteiger partial charge is 0.310 e. The van der Waals surface area contributed by atoms with Crippen LogP contribution in [0.5, 0.6) is 0 Å². The first-order valence-electron chi connectivity index (χ1n) is 12.1. The Hall–Kier alpha value is -2.71. The largest absolute Gasteiger partial charge is 0.481 e. The van der Waals surface area contributed by atoms with Gasteiger partial charge in [-0.2, -0.15) is 0 Å². The quantitative estimate of drug-likeness (QED) is 0.402. The fourth-order valence-corrected chi connectivity index (χ4v) is 6.12. The monoisotopic (exact) mass is 470 g/mol. The van der Waals surface area contributed by atoms with Crippen LogP contribution < -0.4 is 4.90 Å². The van der Waals surface area contributed by atoms with Gasteiger partial charge in [-0.25, -0.2) is 0 Å². The third kappa shape index (κ3) is 3.82. The molecule has 1 aromatic carbocycles. The number of fused-ring (bicyclic) bond motifs is 1. The van der Waals surface area contributed by atoms with E-state index in [9.17, 15) is 19.5 Å². The Balaban J connectivity index is 1.75. The molecule has 5 atom stereocenters. The first-order chi connectivity index (χ1) is 16.3. The van der Waals surface area contributed by atoms with Gasteiger partial charge in [0.25, 0.3) is 5.91 Å². The van der Waals surface area contributed by atoms with Crippen molar-refractivity contribution >= 4 is 23.5 Å². The number of aliphatic hydroxyl groups is 1. The number of ether oxygens (including phenoxy) is 1. The number of hydrogen-bond acceptors (Lipinski definition) is 5. The number of benzene rings is 1. The number of carbonyl (C=O) groups is 3. The Labute approximate surface area is 200 Å². The van der Waals surface area contributed by atoms with Crippen LogP contribution >= 0.6 is 0 Å². The second kappa shape index (κ2) is 9.50. The maximum absolute atomic E-state index is 14.3. The average Bonchev–Trinajstić information content (AvgIpc) is 3.44. The lowest BCUT2D eigenvalue weighted by Crippen LogP contribution is -2.56. The van der Waals surface area contributed by atoms with Crippen LogP contribution in [0.3, 0.4) is 0 Å². The lowest BCUT2D eigenvalue weighted by molar-refractivity contribution is -0.149. The summed E-state index contributed by atoms with van der Waals surface area (Å²) in [5.41, 5.74) is 1.55. The van der Waals surface area contributed by atoms with Gasteiger partial charge in [-0.3, -0.25) is 14.4 Å². The van der Waals surface area contributed by atoms with Crippen LogP contribution in [0.25, 0.3) is 0 Å². The van der Waals surface area contributed by atoms with E-state index in [4.69, 9.17) is 9.84 Å². The maximum Gasteiger partial charge on any atom is 0.310 e. The van der Waals surface area contributed by atoms with Gasteiger partial charge in [-0.05, 0) is 63.1 Å². The molecule has 34 heavy (non-hydrogen) atoms. The molecule has 0 unspecified atom stereocenters. The minimum Gasteiger partial charge on any atom is -0.481 e. The highest BCUT2D eigenvalue weighted by Gasteiger charge is 2.74. The van der Waals surface area contributed by atoms with Crippen LogP contribution in [0.1, 0.15) is 43.2 Å². The molecular formula is C26H34N2O6. The van der Waals surface area contributed by atoms with Crippen LogP contribution in [0.15, 0.2) is 30.9 Å². The summed E-state index contributed by atoms with van der Waals surface area (Å²) in [5.74, 6) is -3.42. The Bertz CT molecular complexity index is 994. The predicted molar refractivity (Wildman–Crippen MR) is 126 cm³/mol. The highest BCUT2D eigenvalue weighted by Crippen LogP contribution is 2.58.